The molecule has 0 unspecified atom stereocenters. The maximum atomic E-state index is 12.0. The van der Waals surface area contributed by atoms with Gasteiger partial charge in [-0.05, 0) is 18.2 Å². The van der Waals surface area contributed by atoms with Gasteiger partial charge in [0.05, 0.1) is 0 Å². The van der Waals surface area contributed by atoms with Gasteiger partial charge in [0.15, 0.2) is 5.82 Å². The van der Waals surface area contributed by atoms with Crippen LogP contribution in [0.3, 0.4) is 0 Å². The molecule has 17 heavy (non-hydrogen) atoms. The van der Waals surface area contributed by atoms with Crippen LogP contribution >= 0.6 is 11.6 Å². The Labute approximate surface area is 98.4 Å². The number of nitrogens with zero attached hydrogens (tertiary/aromatic N) is 2. The van der Waals surface area contributed by atoms with E-state index in [0.29, 0.717) is 11.4 Å². The van der Waals surface area contributed by atoms with Crippen molar-refractivity contribution in [2.45, 2.75) is 6.36 Å². The zero-order valence-corrected chi connectivity index (χ0v) is 8.88. The van der Waals surface area contributed by atoms with Crippen LogP contribution in [0.4, 0.5) is 13.2 Å². The number of nitrogens with one attached hydrogen (secondary N) is 1. The summed E-state index contributed by atoms with van der Waals surface area (Å²) < 4.78 is 39.9. The predicted octanol–water partition coefficient (Wildman–Crippen LogP) is 3.02. The van der Waals surface area contributed by atoms with Gasteiger partial charge in [-0.25, -0.2) is 4.98 Å². The Kier molecular flexibility index (Phi) is 2.93. The van der Waals surface area contributed by atoms with Crippen LogP contribution in [0, 0.1) is 0 Å². The predicted molar refractivity (Wildman–Crippen MR) is 53.5 cm³/mol. The monoisotopic (exact) mass is 263 g/mol. The van der Waals surface area contributed by atoms with Crippen LogP contribution in [0.2, 0.25) is 5.02 Å². The number of alkyl halides is 3. The van der Waals surface area contributed by atoms with Gasteiger partial charge in [-0.2, -0.15) is 5.10 Å². The highest BCUT2D eigenvalue weighted by molar-refractivity contribution is 6.31. The first-order valence-corrected chi connectivity index (χ1v) is 4.74. The molecule has 1 aromatic heterocycles. The van der Waals surface area contributed by atoms with E-state index in [1.807, 2.05) is 0 Å². The molecule has 0 spiro atoms. The summed E-state index contributed by atoms with van der Waals surface area (Å²) in [4.78, 5) is 3.80. The fraction of sp³-hybridized carbons (Fsp3) is 0.111. The summed E-state index contributed by atoms with van der Waals surface area (Å²) in [6.07, 6.45) is -3.52. The van der Waals surface area contributed by atoms with Gasteiger partial charge in [0.2, 0.25) is 0 Å². The van der Waals surface area contributed by atoms with Gasteiger partial charge in [-0.15, -0.1) is 13.2 Å². The van der Waals surface area contributed by atoms with E-state index in [1.165, 1.54) is 18.5 Å². The summed E-state index contributed by atoms with van der Waals surface area (Å²) >= 11 is 5.69. The smallest absolute Gasteiger partial charge is 0.406 e. The average Bonchev–Trinajstić information content (AvgIpc) is 2.65. The first kappa shape index (κ1) is 11.7. The van der Waals surface area contributed by atoms with Crippen LogP contribution in [-0.4, -0.2) is 21.5 Å². The Balaban J connectivity index is 2.36. The van der Waals surface area contributed by atoms with Gasteiger partial charge < -0.3 is 4.74 Å². The highest BCUT2D eigenvalue weighted by Gasteiger charge is 2.31. The number of aromatic nitrogens is 3. The molecule has 0 aliphatic rings. The van der Waals surface area contributed by atoms with E-state index >= 15 is 0 Å². The van der Waals surface area contributed by atoms with Crippen molar-refractivity contribution >= 4 is 11.6 Å². The van der Waals surface area contributed by atoms with Crippen LogP contribution in [0.15, 0.2) is 24.5 Å². The third-order valence-electron chi connectivity index (χ3n) is 1.79. The second kappa shape index (κ2) is 4.25. The number of aromatic amines is 1. The molecule has 0 aliphatic carbocycles. The first-order chi connectivity index (χ1) is 7.94. The number of H-pyrrole nitrogens is 1. The van der Waals surface area contributed by atoms with Crippen LogP contribution in [-0.2, 0) is 0 Å². The summed E-state index contributed by atoms with van der Waals surface area (Å²) in [5.41, 5.74) is 0.356. The maximum Gasteiger partial charge on any atom is 0.573 e. The van der Waals surface area contributed by atoms with E-state index < -0.39 is 12.1 Å². The van der Waals surface area contributed by atoms with Crippen LogP contribution in [0.25, 0.3) is 11.4 Å². The molecular formula is C9H5ClF3N3O. The third kappa shape index (κ3) is 3.10. The Hall–Kier alpha value is -1.76. The van der Waals surface area contributed by atoms with Crippen molar-refractivity contribution in [3.8, 4) is 17.1 Å². The number of rotatable bonds is 2. The molecule has 2 aromatic rings. The Morgan fingerprint density at radius 2 is 2.00 bits per heavy atom. The minimum atomic E-state index is -4.76. The van der Waals surface area contributed by atoms with E-state index in [-0.39, 0.29) is 5.02 Å². The second-order valence-electron chi connectivity index (χ2n) is 3.06. The lowest BCUT2D eigenvalue weighted by molar-refractivity contribution is -0.274. The molecule has 0 bridgehead atoms. The SMILES string of the molecule is FC(F)(F)Oc1cc(Cl)cc(-c2ncn[nH]2)c1. The summed E-state index contributed by atoms with van der Waals surface area (Å²) in [6, 6.07) is 3.68. The molecule has 8 heteroatoms. The summed E-state index contributed by atoms with van der Waals surface area (Å²) in [5.74, 6) is -0.101. The van der Waals surface area contributed by atoms with Crippen LogP contribution in [0.1, 0.15) is 0 Å². The lowest BCUT2D eigenvalue weighted by Crippen LogP contribution is -2.17. The fourth-order valence-electron chi connectivity index (χ4n) is 1.24. The molecule has 4 nitrogen and oxygen atoms in total. The number of halogens is 4. The van der Waals surface area contributed by atoms with Gasteiger partial charge in [-0.1, -0.05) is 11.6 Å². The zero-order chi connectivity index (χ0) is 12.5. The van der Waals surface area contributed by atoms with Gasteiger partial charge in [0, 0.05) is 10.6 Å². The summed E-state index contributed by atoms with van der Waals surface area (Å²) in [5, 5.41) is 6.21. The average molecular weight is 264 g/mol. The number of hydrogen-bond acceptors (Lipinski definition) is 3. The Bertz CT molecular complexity index is 513. The second-order valence-corrected chi connectivity index (χ2v) is 3.49. The number of hydrogen-bond donors (Lipinski definition) is 1. The van der Waals surface area contributed by atoms with Crippen LogP contribution < -0.4 is 4.74 Å². The van der Waals surface area contributed by atoms with Gasteiger partial charge in [-0.3, -0.25) is 5.10 Å². The molecule has 0 atom stereocenters. The van der Waals surface area contributed by atoms with Crippen LogP contribution in [0.5, 0.6) is 5.75 Å². The molecule has 0 aliphatic heterocycles. The van der Waals surface area contributed by atoms with E-state index in [4.69, 9.17) is 11.6 Å². The van der Waals surface area contributed by atoms with Crippen molar-refractivity contribution in [2.24, 2.45) is 0 Å². The quantitative estimate of drug-likeness (QED) is 0.906. The molecular weight excluding hydrogens is 259 g/mol. The molecule has 0 fully saturated rings. The molecule has 0 saturated carbocycles. The van der Waals surface area contributed by atoms with Crippen molar-refractivity contribution in [2.75, 3.05) is 0 Å². The third-order valence-corrected chi connectivity index (χ3v) is 2.01. The molecule has 0 radical (unpaired) electrons. The molecule has 0 amide bonds. The van der Waals surface area contributed by atoms with E-state index in [9.17, 15) is 13.2 Å². The lowest BCUT2D eigenvalue weighted by atomic mass is 10.2. The van der Waals surface area contributed by atoms with Crippen molar-refractivity contribution in [1.82, 2.24) is 15.2 Å². The standard InChI is InChI=1S/C9H5ClF3N3O/c10-6-1-5(8-14-4-15-16-8)2-7(3-6)17-9(11,12)13/h1-4H,(H,14,15,16). The van der Waals surface area contributed by atoms with Crippen molar-refractivity contribution in [1.29, 1.82) is 0 Å². The minimum Gasteiger partial charge on any atom is -0.406 e. The van der Waals surface area contributed by atoms with E-state index in [1.54, 1.807) is 0 Å². The highest BCUT2D eigenvalue weighted by atomic mass is 35.5. The Morgan fingerprint density at radius 3 is 2.59 bits per heavy atom. The summed E-state index contributed by atoms with van der Waals surface area (Å²) in [6.45, 7) is 0. The normalized spacial score (nSPS) is 11.5. The molecule has 1 N–H and O–H groups in total. The van der Waals surface area contributed by atoms with Gasteiger partial charge in [0.1, 0.15) is 12.1 Å². The molecule has 1 aromatic carbocycles. The lowest BCUT2D eigenvalue weighted by Gasteiger charge is -2.09. The largest absolute Gasteiger partial charge is 0.573 e. The van der Waals surface area contributed by atoms with Crippen molar-refractivity contribution in [3.05, 3.63) is 29.5 Å². The summed E-state index contributed by atoms with van der Waals surface area (Å²) in [7, 11) is 0. The number of ether oxygens (including phenoxy) is 1. The molecule has 90 valence electrons. The minimum absolute atomic E-state index is 0.109. The topological polar surface area (TPSA) is 50.8 Å². The van der Waals surface area contributed by atoms with E-state index in [2.05, 4.69) is 19.9 Å². The zero-order valence-electron chi connectivity index (χ0n) is 8.12. The van der Waals surface area contributed by atoms with Crippen molar-refractivity contribution in [3.63, 3.8) is 0 Å². The molecule has 1 heterocycles. The molecule has 0 saturated heterocycles. The van der Waals surface area contributed by atoms with Crippen molar-refractivity contribution < 1.29 is 17.9 Å². The maximum absolute atomic E-state index is 12.0. The Morgan fingerprint density at radius 1 is 1.24 bits per heavy atom. The fourth-order valence-corrected chi connectivity index (χ4v) is 1.46. The highest BCUT2D eigenvalue weighted by Crippen LogP contribution is 2.30. The first-order valence-electron chi connectivity index (χ1n) is 4.36. The van der Waals surface area contributed by atoms with Gasteiger partial charge >= 0.3 is 6.36 Å². The van der Waals surface area contributed by atoms with E-state index in [0.717, 1.165) is 6.07 Å². The van der Waals surface area contributed by atoms with Gasteiger partial charge in [0.25, 0.3) is 0 Å². The molecule has 2 rings (SSSR count). The number of benzene rings is 1.